The Morgan fingerprint density at radius 2 is 1.55 bits per heavy atom. The summed E-state index contributed by atoms with van der Waals surface area (Å²) in [5, 5.41) is 0. The van der Waals surface area contributed by atoms with E-state index < -0.39 is 0 Å². The van der Waals surface area contributed by atoms with Crippen LogP contribution in [-0.2, 0) is 15.3 Å². The van der Waals surface area contributed by atoms with E-state index in [1.807, 2.05) is 82.3 Å². The molecule has 0 spiro atoms. The number of carbonyl (C=O) groups excluding carboxylic acids is 2. The molecule has 4 nitrogen and oxygen atoms in total. The minimum Gasteiger partial charge on any atom is -0.491 e. The molecular formula is C24H27NO3S. The number of nitrogens with zero attached hydrogens (tertiary/aromatic N) is 1. The maximum Gasteiger partial charge on any atom is 0.268 e. The highest BCUT2D eigenvalue weighted by Gasteiger charge is 2.39. The van der Waals surface area contributed by atoms with E-state index in [2.05, 4.69) is 0 Å². The maximum atomic E-state index is 13.1. The third kappa shape index (κ3) is 5.10. The standard InChI is InChI=1S/C24H27NO3S/c1-16(2)14-25-23(26)21(19-10-12-20(13-11-19)28-17(3)4)22(24(25)27)29-15-18-8-6-5-7-9-18/h5-13,16-17H,14-15H2,1-4H3. The van der Waals surface area contributed by atoms with Gasteiger partial charge in [-0.1, -0.05) is 56.3 Å². The van der Waals surface area contributed by atoms with Gasteiger partial charge < -0.3 is 4.74 Å². The third-order valence-corrected chi connectivity index (χ3v) is 5.56. The van der Waals surface area contributed by atoms with Crippen LogP contribution in [0.15, 0.2) is 59.5 Å². The van der Waals surface area contributed by atoms with Crippen LogP contribution in [0.1, 0.15) is 38.8 Å². The zero-order valence-corrected chi connectivity index (χ0v) is 18.2. The van der Waals surface area contributed by atoms with Crippen molar-refractivity contribution in [2.45, 2.75) is 39.6 Å². The second-order valence-electron chi connectivity index (χ2n) is 7.78. The van der Waals surface area contributed by atoms with E-state index in [1.54, 1.807) is 0 Å². The molecule has 0 aliphatic carbocycles. The van der Waals surface area contributed by atoms with Crippen molar-refractivity contribution in [3.8, 4) is 5.75 Å². The minimum atomic E-state index is -0.211. The monoisotopic (exact) mass is 409 g/mol. The zero-order valence-electron chi connectivity index (χ0n) is 17.3. The number of thioether (sulfide) groups is 1. The molecule has 0 radical (unpaired) electrons. The van der Waals surface area contributed by atoms with E-state index in [9.17, 15) is 9.59 Å². The van der Waals surface area contributed by atoms with Gasteiger partial charge in [0.15, 0.2) is 0 Å². The van der Waals surface area contributed by atoms with Crippen LogP contribution < -0.4 is 4.74 Å². The number of carbonyl (C=O) groups is 2. The number of rotatable bonds is 8. The van der Waals surface area contributed by atoms with Crippen LogP contribution in [0.4, 0.5) is 0 Å². The van der Waals surface area contributed by atoms with Gasteiger partial charge in [0.2, 0.25) is 0 Å². The van der Waals surface area contributed by atoms with E-state index >= 15 is 0 Å². The molecule has 2 aromatic carbocycles. The normalized spacial score (nSPS) is 14.5. The Balaban J connectivity index is 1.92. The molecule has 0 atom stereocenters. The second kappa shape index (κ2) is 9.31. The average Bonchev–Trinajstić information content (AvgIpc) is 2.91. The van der Waals surface area contributed by atoms with E-state index in [0.29, 0.717) is 22.8 Å². The quantitative estimate of drug-likeness (QED) is 0.566. The molecule has 0 unspecified atom stereocenters. The SMILES string of the molecule is CC(C)CN1C(=O)C(SCc2ccccc2)=C(c2ccc(OC(C)C)cc2)C1=O. The number of imide groups is 1. The highest BCUT2D eigenvalue weighted by molar-refractivity contribution is 8.03. The molecule has 0 bridgehead atoms. The molecule has 0 fully saturated rings. The predicted molar refractivity (Wildman–Crippen MR) is 118 cm³/mol. The Morgan fingerprint density at radius 3 is 2.14 bits per heavy atom. The fraction of sp³-hybridized carbons (Fsp3) is 0.333. The van der Waals surface area contributed by atoms with Crippen LogP contribution in [0.25, 0.3) is 5.57 Å². The molecule has 29 heavy (non-hydrogen) atoms. The Bertz CT molecular complexity index is 901. The lowest BCUT2D eigenvalue weighted by atomic mass is 10.1. The zero-order chi connectivity index (χ0) is 21.0. The van der Waals surface area contributed by atoms with Crippen molar-refractivity contribution < 1.29 is 14.3 Å². The maximum absolute atomic E-state index is 13.1. The molecule has 1 aliphatic rings. The predicted octanol–water partition coefficient (Wildman–Crippen LogP) is 5.14. The van der Waals surface area contributed by atoms with Gasteiger partial charge in [-0.3, -0.25) is 14.5 Å². The fourth-order valence-electron chi connectivity index (χ4n) is 3.18. The lowest BCUT2D eigenvalue weighted by molar-refractivity contribution is -0.137. The summed E-state index contributed by atoms with van der Waals surface area (Å²) in [6, 6.07) is 17.4. The molecule has 5 heteroatoms. The van der Waals surface area contributed by atoms with Crippen molar-refractivity contribution >= 4 is 29.1 Å². The van der Waals surface area contributed by atoms with Crippen LogP contribution in [0.5, 0.6) is 5.75 Å². The van der Waals surface area contributed by atoms with E-state index in [-0.39, 0.29) is 23.8 Å². The summed E-state index contributed by atoms with van der Waals surface area (Å²) in [4.78, 5) is 28.1. The molecule has 1 heterocycles. The summed E-state index contributed by atoms with van der Waals surface area (Å²) in [6.07, 6.45) is 0.0771. The molecule has 2 aromatic rings. The van der Waals surface area contributed by atoms with Crippen molar-refractivity contribution in [2.24, 2.45) is 5.92 Å². The highest BCUT2D eigenvalue weighted by atomic mass is 32.2. The van der Waals surface area contributed by atoms with E-state index in [0.717, 1.165) is 16.9 Å². The molecule has 0 aromatic heterocycles. The van der Waals surface area contributed by atoms with Crippen molar-refractivity contribution in [1.82, 2.24) is 4.90 Å². The number of ether oxygens (including phenoxy) is 1. The molecule has 0 N–H and O–H groups in total. The van der Waals surface area contributed by atoms with E-state index in [1.165, 1.54) is 16.7 Å². The van der Waals surface area contributed by atoms with Crippen molar-refractivity contribution in [1.29, 1.82) is 0 Å². The first-order chi connectivity index (χ1) is 13.9. The van der Waals surface area contributed by atoms with Gasteiger partial charge in [0, 0.05) is 12.3 Å². The average molecular weight is 410 g/mol. The summed E-state index contributed by atoms with van der Waals surface area (Å²) < 4.78 is 5.70. The first-order valence-electron chi connectivity index (χ1n) is 9.91. The van der Waals surface area contributed by atoms with Gasteiger partial charge in [0.05, 0.1) is 16.6 Å². The minimum absolute atomic E-state index is 0.0771. The van der Waals surface area contributed by atoms with Gasteiger partial charge in [-0.15, -0.1) is 11.8 Å². The number of hydrogen-bond donors (Lipinski definition) is 0. The number of benzene rings is 2. The lowest BCUT2D eigenvalue weighted by Gasteiger charge is -2.17. The Morgan fingerprint density at radius 1 is 0.897 bits per heavy atom. The van der Waals surface area contributed by atoms with Gasteiger partial charge >= 0.3 is 0 Å². The Kier molecular flexibility index (Phi) is 6.80. The smallest absolute Gasteiger partial charge is 0.268 e. The summed E-state index contributed by atoms with van der Waals surface area (Å²) in [5.41, 5.74) is 2.36. The molecule has 3 rings (SSSR count). The fourth-order valence-corrected chi connectivity index (χ4v) is 4.26. The third-order valence-electron chi connectivity index (χ3n) is 4.41. The first kappa shape index (κ1) is 21.2. The molecular weight excluding hydrogens is 382 g/mol. The highest BCUT2D eigenvalue weighted by Crippen LogP contribution is 2.38. The molecule has 2 amide bonds. The topological polar surface area (TPSA) is 46.6 Å². The second-order valence-corrected chi connectivity index (χ2v) is 8.77. The molecule has 1 aliphatic heterocycles. The molecule has 0 saturated heterocycles. The van der Waals surface area contributed by atoms with Crippen molar-refractivity contribution in [3.63, 3.8) is 0 Å². The van der Waals surface area contributed by atoms with Gasteiger partial charge in [0.25, 0.3) is 11.8 Å². The Hall–Kier alpha value is -2.53. The number of hydrogen-bond acceptors (Lipinski definition) is 4. The molecule has 152 valence electrons. The van der Waals surface area contributed by atoms with Crippen LogP contribution in [0.2, 0.25) is 0 Å². The van der Waals surface area contributed by atoms with Crippen LogP contribution >= 0.6 is 11.8 Å². The Labute approximate surface area is 176 Å². The van der Waals surface area contributed by atoms with Crippen LogP contribution in [0.3, 0.4) is 0 Å². The summed E-state index contributed by atoms with van der Waals surface area (Å²) in [7, 11) is 0. The van der Waals surface area contributed by atoms with Gasteiger partial charge in [-0.2, -0.15) is 0 Å². The van der Waals surface area contributed by atoms with E-state index in [4.69, 9.17) is 4.74 Å². The van der Waals surface area contributed by atoms with Gasteiger partial charge in [-0.05, 0) is 43.0 Å². The van der Waals surface area contributed by atoms with Crippen LogP contribution in [0, 0.1) is 5.92 Å². The lowest BCUT2D eigenvalue weighted by Crippen LogP contribution is -2.34. The first-order valence-corrected chi connectivity index (χ1v) is 10.9. The summed E-state index contributed by atoms with van der Waals surface area (Å²) in [5.74, 6) is 1.20. The van der Waals surface area contributed by atoms with Crippen LogP contribution in [-0.4, -0.2) is 29.4 Å². The van der Waals surface area contributed by atoms with Crippen molar-refractivity contribution in [3.05, 3.63) is 70.6 Å². The number of amides is 2. The summed E-state index contributed by atoms with van der Waals surface area (Å²) in [6.45, 7) is 8.38. The van der Waals surface area contributed by atoms with Crippen molar-refractivity contribution in [2.75, 3.05) is 6.54 Å². The molecule has 0 saturated carbocycles. The van der Waals surface area contributed by atoms with Gasteiger partial charge in [-0.25, -0.2) is 0 Å². The largest absolute Gasteiger partial charge is 0.491 e. The summed E-state index contributed by atoms with van der Waals surface area (Å²) >= 11 is 1.43. The van der Waals surface area contributed by atoms with Gasteiger partial charge in [0.1, 0.15) is 5.75 Å².